The first-order chi connectivity index (χ1) is 23.4. The lowest BCUT2D eigenvalue weighted by Crippen LogP contribution is -2.49. The molecule has 1 N–H and O–H groups in total. The van der Waals surface area contributed by atoms with Gasteiger partial charge in [0, 0.05) is 61.3 Å². The highest BCUT2D eigenvalue weighted by Gasteiger charge is 2.30. The first-order valence-corrected chi connectivity index (χ1v) is 18.4. The van der Waals surface area contributed by atoms with E-state index in [4.69, 9.17) is 14.2 Å². The average Bonchev–Trinajstić information content (AvgIpc) is 3.28. The third kappa shape index (κ3) is 8.77. The summed E-state index contributed by atoms with van der Waals surface area (Å²) in [6, 6.07) is 13.2. The molecule has 3 aliphatic rings. The lowest BCUT2D eigenvalue weighted by molar-refractivity contribution is -0.117. The molecular weight excluding hydrogens is 612 g/mol. The number of rotatable bonds is 10. The second-order valence-electron chi connectivity index (χ2n) is 16.2. The van der Waals surface area contributed by atoms with Gasteiger partial charge in [0.25, 0.3) is 0 Å². The molecule has 1 aromatic heterocycles. The van der Waals surface area contributed by atoms with Crippen molar-refractivity contribution in [3.63, 3.8) is 0 Å². The largest absolute Gasteiger partial charge is 0.497 e. The van der Waals surface area contributed by atoms with E-state index in [1.807, 2.05) is 0 Å². The van der Waals surface area contributed by atoms with Gasteiger partial charge in [0.05, 0.1) is 43.9 Å². The van der Waals surface area contributed by atoms with Gasteiger partial charge < -0.3 is 24.1 Å². The van der Waals surface area contributed by atoms with Crippen molar-refractivity contribution >= 4 is 22.9 Å². The summed E-state index contributed by atoms with van der Waals surface area (Å²) in [4.78, 5) is 18.8. The van der Waals surface area contributed by atoms with Crippen molar-refractivity contribution in [2.45, 2.75) is 104 Å². The molecule has 266 valence electrons. The predicted molar refractivity (Wildman–Crippen MR) is 199 cm³/mol. The predicted octanol–water partition coefficient (Wildman–Crippen LogP) is 7.58. The van der Waals surface area contributed by atoms with Crippen molar-refractivity contribution in [3.05, 3.63) is 58.7 Å². The fourth-order valence-electron chi connectivity index (χ4n) is 7.48. The molecule has 3 heterocycles. The number of nitrogens with zero attached hydrogens (tertiary/aromatic N) is 3. The summed E-state index contributed by atoms with van der Waals surface area (Å²) in [5.74, 6) is 1.29. The Morgan fingerprint density at radius 1 is 0.878 bits per heavy atom. The van der Waals surface area contributed by atoms with Crippen LogP contribution >= 0.6 is 0 Å². The minimum Gasteiger partial charge on any atom is -0.497 e. The van der Waals surface area contributed by atoms with E-state index in [2.05, 4.69) is 104 Å². The van der Waals surface area contributed by atoms with Gasteiger partial charge in [0.15, 0.2) is 0 Å². The maximum atomic E-state index is 14.0. The molecule has 3 aromatic rings. The van der Waals surface area contributed by atoms with E-state index in [0.29, 0.717) is 32.3 Å². The van der Waals surface area contributed by atoms with Crippen LogP contribution in [0.25, 0.3) is 28.2 Å². The normalized spacial score (nSPS) is 18.1. The van der Waals surface area contributed by atoms with Crippen LogP contribution in [0.15, 0.2) is 42.0 Å². The Kier molecular flexibility index (Phi) is 10.9. The number of aromatic nitrogens is 1. The van der Waals surface area contributed by atoms with Gasteiger partial charge in [-0.05, 0) is 107 Å². The Morgan fingerprint density at radius 2 is 1.59 bits per heavy atom. The molecule has 1 saturated carbocycles. The van der Waals surface area contributed by atoms with Gasteiger partial charge >= 0.3 is 0 Å². The average molecular weight is 671 g/mol. The Labute approximate surface area is 293 Å². The van der Waals surface area contributed by atoms with Crippen molar-refractivity contribution in [1.82, 2.24) is 19.7 Å². The molecule has 0 spiro atoms. The van der Waals surface area contributed by atoms with E-state index in [9.17, 15) is 4.79 Å². The first kappa shape index (κ1) is 35.6. The summed E-state index contributed by atoms with van der Waals surface area (Å²) < 4.78 is 20.3. The summed E-state index contributed by atoms with van der Waals surface area (Å²) in [5.41, 5.74) is 7.63. The number of methoxy groups -OCH3 is 1. The third-order valence-electron chi connectivity index (χ3n) is 10.2. The summed E-state index contributed by atoms with van der Waals surface area (Å²) in [7, 11) is 1.71. The smallest absolute Gasteiger partial charge is 0.249 e. The number of amides is 1. The van der Waals surface area contributed by atoms with E-state index in [0.717, 1.165) is 55.2 Å². The van der Waals surface area contributed by atoms with Gasteiger partial charge in [0.2, 0.25) is 5.91 Å². The Hall–Kier alpha value is -3.17. The molecule has 0 bridgehead atoms. The molecule has 0 radical (unpaired) electrons. The molecule has 1 aliphatic carbocycles. The standard InChI is InChI=1S/C41H58N4O4/c1-40(2,3)48-27-29-13-15-35-36(23-29)45-26-32(39(46)42-17-18-43-19-21-44(22-20-43)28-49-41(4,5)6)24-31-25-33(47-7)14-16-34(31)38(45)37(35)30-11-9-8-10-12-30/h13-16,23-25,30H,8-12,17-22,26-28H2,1-7H3,(H,42,46). The highest BCUT2D eigenvalue weighted by atomic mass is 16.5. The van der Waals surface area contributed by atoms with E-state index in [1.54, 1.807) is 7.11 Å². The molecule has 0 atom stereocenters. The highest BCUT2D eigenvalue weighted by molar-refractivity contribution is 6.02. The third-order valence-corrected chi connectivity index (χ3v) is 10.2. The summed E-state index contributed by atoms with van der Waals surface area (Å²) >= 11 is 0. The molecule has 6 rings (SSSR count). The van der Waals surface area contributed by atoms with Gasteiger partial charge in [-0.1, -0.05) is 31.4 Å². The fourth-order valence-corrected chi connectivity index (χ4v) is 7.48. The van der Waals surface area contributed by atoms with Gasteiger partial charge in [-0.3, -0.25) is 14.6 Å². The number of carbonyl (C=O) groups is 1. The molecule has 2 aliphatic heterocycles. The monoisotopic (exact) mass is 670 g/mol. The van der Waals surface area contributed by atoms with Crippen LogP contribution in [0.3, 0.4) is 0 Å². The molecule has 2 aromatic carbocycles. The maximum absolute atomic E-state index is 14.0. The number of ether oxygens (including phenoxy) is 3. The van der Waals surface area contributed by atoms with E-state index in [1.165, 1.54) is 59.8 Å². The van der Waals surface area contributed by atoms with Crippen LogP contribution in [0.4, 0.5) is 0 Å². The van der Waals surface area contributed by atoms with Crippen LogP contribution in [0, 0.1) is 0 Å². The summed E-state index contributed by atoms with van der Waals surface area (Å²) in [5, 5.41) is 4.59. The van der Waals surface area contributed by atoms with Crippen molar-refractivity contribution in [1.29, 1.82) is 0 Å². The van der Waals surface area contributed by atoms with Gasteiger partial charge in [-0.15, -0.1) is 0 Å². The van der Waals surface area contributed by atoms with Gasteiger partial charge in [0.1, 0.15) is 5.75 Å². The summed E-state index contributed by atoms with van der Waals surface area (Å²) in [6.07, 6.45) is 8.32. The van der Waals surface area contributed by atoms with Gasteiger partial charge in [-0.25, -0.2) is 0 Å². The number of piperazine rings is 1. The minimum atomic E-state index is -0.224. The number of fused-ring (bicyclic) bond motifs is 5. The number of benzene rings is 2. The fraction of sp³-hybridized carbons (Fsp3) is 0.585. The topological polar surface area (TPSA) is 68.2 Å². The van der Waals surface area contributed by atoms with Crippen molar-refractivity contribution in [2.75, 3.05) is 53.1 Å². The molecule has 8 nitrogen and oxygen atoms in total. The Balaban J connectivity index is 1.27. The number of hydrogen-bond donors (Lipinski definition) is 1. The lowest BCUT2D eigenvalue weighted by Gasteiger charge is -2.35. The maximum Gasteiger partial charge on any atom is 0.249 e. The van der Waals surface area contributed by atoms with Crippen LogP contribution < -0.4 is 10.1 Å². The second-order valence-corrected chi connectivity index (χ2v) is 16.2. The van der Waals surface area contributed by atoms with Gasteiger partial charge in [-0.2, -0.15) is 0 Å². The zero-order valence-electron chi connectivity index (χ0n) is 31.0. The molecule has 49 heavy (non-hydrogen) atoms. The molecule has 1 amide bonds. The second kappa shape index (κ2) is 15.0. The molecule has 2 fully saturated rings. The van der Waals surface area contributed by atoms with Crippen LogP contribution in [0.1, 0.15) is 96.3 Å². The molecular formula is C41H58N4O4. The molecule has 0 unspecified atom stereocenters. The number of hydrogen-bond acceptors (Lipinski definition) is 6. The van der Waals surface area contributed by atoms with E-state index < -0.39 is 0 Å². The SMILES string of the molecule is COc1ccc2c(c1)C=C(C(=O)NCCN1CCN(COC(C)(C)C)CC1)Cn1c-2c(C2CCCCC2)c2ccc(COC(C)(C)C)cc21. The molecule has 1 saturated heterocycles. The van der Waals surface area contributed by atoms with Crippen LogP contribution in [-0.4, -0.2) is 84.6 Å². The first-order valence-electron chi connectivity index (χ1n) is 18.4. The lowest BCUT2D eigenvalue weighted by atomic mass is 9.81. The van der Waals surface area contributed by atoms with E-state index in [-0.39, 0.29) is 17.1 Å². The zero-order chi connectivity index (χ0) is 34.8. The minimum absolute atomic E-state index is 0.00730. The Bertz CT molecular complexity index is 1650. The van der Waals surface area contributed by atoms with Crippen LogP contribution in [0.2, 0.25) is 0 Å². The number of carbonyl (C=O) groups excluding carboxylic acids is 1. The quantitative estimate of drug-likeness (QED) is 0.240. The van der Waals surface area contributed by atoms with Crippen molar-refractivity contribution < 1.29 is 19.0 Å². The number of nitrogens with one attached hydrogen (secondary N) is 1. The van der Waals surface area contributed by atoms with Crippen molar-refractivity contribution in [2.24, 2.45) is 0 Å². The highest BCUT2D eigenvalue weighted by Crippen LogP contribution is 2.47. The Morgan fingerprint density at radius 3 is 2.29 bits per heavy atom. The van der Waals surface area contributed by atoms with Crippen LogP contribution in [0.5, 0.6) is 5.75 Å². The molecule has 8 heteroatoms. The van der Waals surface area contributed by atoms with E-state index >= 15 is 0 Å². The summed E-state index contributed by atoms with van der Waals surface area (Å²) in [6.45, 7) is 19.7. The van der Waals surface area contributed by atoms with Crippen molar-refractivity contribution in [3.8, 4) is 17.0 Å². The zero-order valence-corrected chi connectivity index (χ0v) is 31.0. The van der Waals surface area contributed by atoms with Crippen LogP contribution in [-0.2, 0) is 27.4 Å².